The molecule has 5 heteroatoms. The van der Waals surface area contributed by atoms with Gasteiger partial charge in [0.25, 0.3) is 0 Å². The molecule has 1 aromatic heterocycles. The molecule has 0 fully saturated rings. The maximum atomic E-state index is 10.7. The molecular formula is C11H16N2O2S. The predicted octanol–water partition coefficient (Wildman–Crippen LogP) is 1.96. The van der Waals surface area contributed by atoms with Gasteiger partial charge in [-0.25, -0.2) is 9.78 Å². The number of carboxylic acids is 1. The maximum Gasteiger partial charge on any atom is 0.331 e. The fraction of sp³-hybridized carbons (Fsp3) is 0.455. The number of nitrogens with one attached hydrogen (secondary N) is 1. The van der Waals surface area contributed by atoms with E-state index in [1.165, 1.54) is 4.88 Å². The van der Waals surface area contributed by atoms with Gasteiger partial charge in [0.2, 0.25) is 0 Å². The standard InChI is InChI=1S/C11H16N2O2S/c1-3-9(11(14)15)4-5-12-6-10-7-13-8(2)16-10/h4,7,12H,3,5-6H2,1-2H3,(H,14,15). The molecule has 0 atom stereocenters. The van der Waals surface area contributed by atoms with Crippen LogP contribution in [-0.2, 0) is 11.3 Å². The third-order valence-corrected chi connectivity index (χ3v) is 3.03. The minimum Gasteiger partial charge on any atom is -0.478 e. The molecule has 0 radical (unpaired) electrons. The molecule has 2 N–H and O–H groups in total. The monoisotopic (exact) mass is 240 g/mol. The van der Waals surface area contributed by atoms with Crippen molar-refractivity contribution in [1.29, 1.82) is 0 Å². The lowest BCUT2D eigenvalue weighted by molar-refractivity contribution is -0.132. The molecule has 1 aromatic rings. The summed E-state index contributed by atoms with van der Waals surface area (Å²) < 4.78 is 0. The number of carbonyl (C=O) groups is 1. The van der Waals surface area contributed by atoms with Crippen LogP contribution in [0.4, 0.5) is 0 Å². The van der Waals surface area contributed by atoms with Crippen LogP contribution in [0.15, 0.2) is 17.8 Å². The predicted molar refractivity (Wildman–Crippen MR) is 64.6 cm³/mol. The van der Waals surface area contributed by atoms with E-state index < -0.39 is 5.97 Å². The van der Waals surface area contributed by atoms with Crippen LogP contribution in [0, 0.1) is 6.92 Å². The van der Waals surface area contributed by atoms with Crippen molar-refractivity contribution in [2.75, 3.05) is 6.54 Å². The second kappa shape index (κ2) is 6.40. The highest BCUT2D eigenvalue weighted by Crippen LogP contribution is 2.10. The Morgan fingerprint density at radius 1 is 1.69 bits per heavy atom. The summed E-state index contributed by atoms with van der Waals surface area (Å²) in [5.41, 5.74) is 0.452. The van der Waals surface area contributed by atoms with E-state index in [1.807, 2.05) is 20.0 Å². The minimum atomic E-state index is -0.835. The number of hydrogen-bond acceptors (Lipinski definition) is 4. The van der Waals surface area contributed by atoms with Gasteiger partial charge in [-0.1, -0.05) is 13.0 Å². The first-order chi connectivity index (χ1) is 7.63. The Labute approximate surface area is 99.0 Å². The normalized spacial score (nSPS) is 11.8. The molecule has 16 heavy (non-hydrogen) atoms. The second-order valence-electron chi connectivity index (χ2n) is 3.36. The molecule has 0 aliphatic carbocycles. The Kier molecular flexibility index (Phi) is 5.14. The first-order valence-corrected chi connectivity index (χ1v) is 5.99. The Morgan fingerprint density at radius 2 is 2.44 bits per heavy atom. The van der Waals surface area contributed by atoms with Crippen molar-refractivity contribution >= 4 is 17.3 Å². The van der Waals surface area contributed by atoms with Crippen molar-refractivity contribution < 1.29 is 9.90 Å². The van der Waals surface area contributed by atoms with Crippen LogP contribution in [0.3, 0.4) is 0 Å². The van der Waals surface area contributed by atoms with Gasteiger partial charge in [-0.05, 0) is 13.3 Å². The zero-order valence-corrected chi connectivity index (χ0v) is 10.3. The largest absolute Gasteiger partial charge is 0.478 e. The molecule has 0 unspecified atom stereocenters. The third-order valence-electron chi connectivity index (χ3n) is 2.12. The van der Waals surface area contributed by atoms with Gasteiger partial charge in [0, 0.05) is 29.7 Å². The van der Waals surface area contributed by atoms with Gasteiger partial charge in [-0.15, -0.1) is 11.3 Å². The Balaban J connectivity index is 2.33. The maximum absolute atomic E-state index is 10.7. The summed E-state index contributed by atoms with van der Waals surface area (Å²) in [6.07, 6.45) is 4.11. The van der Waals surface area contributed by atoms with Crippen LogP contribution >= 0.6 is 11.3 Å². The molecule has 88 valence electrons. The molecule has 1 heterocycles. The zero-order valence-electron chi connectivity index (χ0n) is 9.49. The summed E-state index contributed by atoms with van der Waals surface area (Å²) in [5.74, 6) is -0.835. The Bertz CT molecular complexity index is 385. The average molecular weight is 240 g/mol. The van der Waals surface area contributed by atoms with E-state index in [9.17, 15) is 4.79 Å². The van der Waals surface area contributed by atoms with Gasteiger partial charge in [-0.3, -0.25) is 0 Å². The van der Waals surface area contributed by atoms with Crippen LogP contribution < -0.4 is 5.32 Å². The van der Waals surface area contributed by atoms with Crippen molar-refractivity contribution in [3.8, 4) is 0 Å². The molecule has 0 saturated carbocycles. The van der Waals surface area contributed by atoms with Crippen molar-refractivity contribution in [3.05, 3.63) is 27.7 Å². The smallest absolute Gasteiger partial charge is 0.331 e. The van der Waals surface area contributed by atoms with Crippen molar-refractivity contribution in [2.45, 2.75) is 26.8 Å². The highest BCUT2D eigenvalue weighted by Gasteiger charge is 2.02. The second-order valence-corrected chi connectivity index (χ2v) is 4.68. The quantitative estimate of drug-likeness (QED) is 0.589. The van der Waals surface area contributed by atoms with Gasteiger partial charge in [0.15, 0.2) is 0 Å². The molecule has 0 spiro atoms. The number of carboxylic acid groups (broad SMARTS) is 1. The first kappa shape index (κ1) is 12.9. The summed E-state index contributed by atoms with van der Waals surface area (Å²) in [6, 6.07) is 0. The first-order valence-electron chi connectivity index (χ1n) is 5.17. The molecular weight excluding hydrogens is 224 g/mol. The highest BCUT2D eigenvalue weighted by molar-refractivity contribution is 7.11. The van der Waals surface area contributed by atoms with Crippen LogP contribution in [0.25, 0.3) is 0 Å². The summed E-state index contributed by atoms with van der Waals surface area (Å²) in [4.78, 5) is 16.0. The van der Waals surface area contributed by atoms with E-state index in [4.69, 9.17) is 5.11 Å². The third kappa shape index (κ3) is 4.12. The van der Waals surface area contributed by atoms with E-state index >= 15 is 0 Å². The lowest BCUT2D eigenvalue weighted by atomic mass is 10.2. The number of aliphatic carboxylic acids is 1. The van der Waals surface area contributed by atoms with Gasteiger partial charge < -0.3 is 10.4 Å². The van der Waals surface area contributed by atoms with E-state index in [-0.39, 0.29) is 0 Å². The SMILES string of the molecule is CCC(=CCNCc1cnc(C)s1)C(=O)O. The van der Waals surface area contributed by atoms with Crippen LogP contribution in [-0.4, -0.2) is 22.6 Å². The number of aryl methyl sites for hydroxylation is 1. The lowest BCUT2D eigenvalue weighted by Crippen LogP contribution is -2.13. The Hall–Kier alpha value is -1.20. The van der Waals surface area contributed by atoms with Crippen LogP contribution in [0.1, 0.15) is 23.2 Å². The van der Waals surface area contributed by atoms with Crippen molar-refractivity contribution in [3.63, 3.8) is 0 Å². The molecule has 0 aliphatic heterocycles. The van der Waals surface area contributed by atoms with E-state index in [0.29, 0.717) is 18.5 Å². The Morgan fingerprint density at radius 3 is 2.94 bits per heavy atom. The summed E-state index contributed by atoms with van der Waals surface area (Å²) >= 11 is 1.65. The van der Waals surface area contributed by atoms with Crippen molar-refractivity contribution in [1.82, 2.24) is 10.3 Å². The van der Waals surface area contributed by atoms with Gasteiger partial charge in [-0.2, -0.15) is 0 Å². The van der Waals surface area contributed by atoms with Gasteiger partial charge in [0.05, 0.1) is 5.01 Å². The number of aromatic nitrogens is 1. The molecule has 0 saturated heterocycles. The minimum absolute atomic E-state index is 0.452. The van der Waals surface area contributed by atoms with E-state index in [0.717, 1.165) is 11.6 Å². The number of rotatable bonds is 6. The zero-order chi connectivity index (χ0) is 12.0. The fourth-order valence-corrected chi connectivity index (χ4v) is 2.03. The van der Waals surface area contributed by atoms with E-state index in [2.05, 4.69) is 10.3 Å². The van der Waals surface area contributed by atoms with Crippen LogP contribution in [0.2, 0.25) is 0 Å². The summed E-state index contributed by atoms with van der Waals surface area (Å²) in [6.45, 7) is 5.12. The van der Waals surface area contributed by atoms with Gasteiger partial charge in [0.1, 0.15) is 0 Å². The van der Waals surface area contributed by atoms with Crippen molar-refractivity contribution in [2.24, 2.45) is 0 Å². The van der Waals surface area contributed by atoms with Gasteiger partial charge >= 0.3 is 5.97 Å². The lowest BCUT2D eigenvalue weighted by Gasteiger charge is -2.00. The molecule has 0 aromatic carbocycles. The molecule has 0 aliphatic rings. The fourth-order valence-electron chi connectivity index (χ4n) is 1.26. The topological polar surface area (TPSA) is 62.2 Å². The molecule has 0 bridgehead atoms. The highest BCUT2D eigenvalue weighted by atomic mass is 32.1. The van der Waals surface area contributed by atoms with Crippen LogP contribution in [0.5, 0.6) is 0 Å². The molecule has 0 amide bonds. The molecule has 1 rings (SSSR count). The number of nitrogens with zero attached hydrogens (tertiary/aromatic N) is 1. The van der Waals surface area contributed by atoms with E-state index in [1.54, 1.807) is 17.4 Å². The number of thiazole rings is 1. The average Bonchev–Trinajstić information content (AvgIpc) is 2.64. The number of hydrogen-bond donors (Lipinski definition) is 2. The summed E-state index contributed by atoms with van der Waals surface area (Å²) in [7, 11) is 0. The molecule has 4 nitrogen and oxygen atoms in total. The summed E-state index contributed by atoms with van der Waals surface area (Å²) in [5, 5.41) is 13.0.